The summed E-state index contributed by atoms with van der Waals surface area (Å²) in [7, 11) is 0. The van der Waals surface area contributed by atoms with Gasteiger partial charge in [0, 0.05) is 19.5 Å². The number of fused-ring (bicyclic) bond motifs is 1. The van der Waals surface area contributed by atoms with Crippen LogP contribution in [-0.4, -0.2) is 50.9 Å². The molecule has 0 saturated carbocycles. The van der Waals surface area contributed by atoms with Crippen molar-refractivity contribution in [2.75, 3.05) is 13.1 Å². The topological polar surface area (TPSA) is 79.5 Å². The summed E-state index contributed by atoms with van der Waals surface area (Å²) in [5.41, 5.74) is 0. The molecule has 7 nitrogen and oxygen atoms in total. The number of aromatic nitrogens is 2. The third kappa shape index (κ3) is 2.32. The Morgan fingerprint density at radius 2 is 2.21 bits per heavy atom. The van der Waals surface area contributed by atoms with Crippen molar-refractivity contribution < 1.29 is 14.1 Å². The summed E-state index contributed by atoms with van der Waals surface area (Å²) >= 11 is 0. The molecule has 2 saturated heterocycles. The Kier molecular flexibility index (Phi) is 3.18. The van der Waals surface area contributed by atoms with Crippen molar-refractivity contribution in [2.24, 2.45) is 0 Å². The van der Waals surface area contributed by atoms with E-state index in [1.165, 1.54) is 6.39 Å². The Labute approximate surface area is 110 Å². The minimum absolute atomic E-state index is 0.00958. The minimum atomic E-state index is -0.296. The Balaban J connectivity index is 1.78. The first-order valence-corrected chi connectivity index (χ1v) is 6.59. The van der Waals surface area contributed by atoms with Crippen molar-refractivity contribution in [1.82, 2.24) is 19.9 Å². The average Bonchev–Trinajstić information content (AvgIpc) is 2.91. The fourth-order valence-electron chi connectivity index (χ4n) is 2.77. The van der Waals surface area contributed by atoms with E-state index in [1.807, 2.05) is 0 Å². The van der Waals surface area contributed by atoms with Gasteiger partial charge < -0.3 is 14.3 Å². The van der Waals surface area contributed by atoms with Crippen molar-refractivity contribution in [3.63, 3.8) is 0 Å². The number of carbonyl (C=O) groups is 2. The molecule has 2 aliphatic heterocycles. The van der Waals surface area contributed by atoms with Gasteiger partial charge >= 0.3 is 0 Å². The molecule has 3 heterocycles. The average molecular weight is 264 g/mol. The lowest BCUT2D eigenvalue weighted by atomic mass is 10.0. The summed E-state index contributed by atoms with van der Waals surface area (Å²) in [4.78, 5) is 31.9. The molecule has 0 spiro atoms. The van der Waals surface area contributed by atoms with Gasteiger partial charge in [-0.25, -0.2) is 0 Å². The van der Waals surface area contributed by atoms with Gasteiger partial charge in [0.25, 0.3) is 0 Å². The number of amides is 2. The highest BCUT2D eigenvalue weighted by atomic mass is 16.5. The van der Waals surface area contributed by atoms with Crippen LogP contribution in [0, 0.1) is 0 Å². The Morgan fingerprint density at radius 3 is 3.00 bits per heavy atom. The van der Waals surface area contributed by atoms with E-state index in [2.05, 4.69) is 14.7 Å². The van der Waals surface area contributed by atoms with Crippen LogP contribution in [0.25, 0.3) is 0 Å². The van der Waals surface area contributed by atoms with Gasteiger partial charge in [0.05, 0.1) is 6.54 Å². The van der Waals surface area contributed by atoms with E-state index >= 15 is 0 Å². The van der Waals surface area contributed by atoms with E-state index in [4.69, 9.17) is 0 Å². The number of piperidine rings is 1. The van der Waals surface area contributed by atoms with Crippen LogP contribution >= 0.6 is 0 Å². The number of hydrogen-bond donors (Lipinski definition) is 0. The van der Waals surface area contributed by atoms with Gasteiger partial charge in [0.15, 0.2) is 5.82 Å². The molecule has 1 aromatic heterocycles. The van der Waals surface area contributed by atoms with Crippen molar-refractivity contribution >= 4 is 11.8 Å². The lowest BCUT2D eigenvalue weighted by Gasteiger charge is -2.34. The molecule has 7 heteroatoms. The van der Waals surface area contributed by atoms with E-state index in [-0.39, 0.29) is 17.9 Å². The molecule has 0 bridgehead atoms. The summed E-state index contributed by atoms with van der Waals surface area (Å²) in [6.07, 6.45) is 4.36. The van der Waals surface area contributed by atoms with Gasteiger partial charge in [0.2, 0.25) is 18.2 Å². The van der Waals surface area contributed by atoms with E-state index in [0.717, 1.165) is 19.3 Å². The van der Waals surface area contributed by atoms with Gasteiger partial charge in [-0.15, -0.1) is 0 Å². The summed E-state index contributed by atoms with van der Waals surface area (Å²) in [5, 5.41) is 3.72. The third-order valence-corrected chi connectivity index (χ3v) is 3.75. The maximum Gasteiger partial charge on any atom is 0.245 e. The SMILES string of the molecule is O=C1C2CCCCN2C(=O)CCN1Cc1ncon1. The zero-order valence-electron chi connectivity index (χ0n) is 10.6. The van der Waals surface area contributed by atoms with Gasteiger partial charge in [0.1, 0.15) is 6.04 Å². The minimum Gasteiger partial charge on any atom is -0.343 e. The van der Waals surface area contributed by atoms with Crippen LogP contribution in [0.15, 0.2) is 10.9 Å². The Bertz CT molecular complexity index is 473. The van der Waals surface area contributed by atoms with Crippen LogP contribution in [0.4, 0.5) is 0 Å². The van der Waals surface area contributed by atoms with Crippen LogP contribution in [0.1, 0.15) is 31.5 Å². The molecule has 2 fully saturated rings. The molecule has 0 N–H and O–H groups in total. The van der Waals surface area contributed by atoms with Gasteiger partial charge in [-0.05, 0) is 19.3 Å². The summed E-state index contributed by atoms with van der Waals surface area (Å²) in [6, 6.07) is -0.296. The first kappa shape index (κ1) is 12.1. The Morgan fingerprint density at radius 1 is 1.32 bits per heavy atom. The van der Waals surface area contributed by atoms with Crippen molar-refractivity contribution in [3.8, 4) is 0 Å². The quantitative estimate of drug-likeness (QED) is 0.761. The van der Waals surface area contributed by atoms with Gasteiger partial charge in [-0.3, -0.25) is 9.59 Å². The molecular formula is C12H16N4O3. The molecule has 2 amide bonds. The molecule has 3 rings (SSSR count). The van der Waals surface area contributed by atoms with Crippen molar-refractivity contribution in [1.29, 1.82) is 0 Å². The highest BCUT2D eigenvalue weighted by Crippen LogP contribution is 2.23. The Hall–Kier alpha value is -1.92. The molecule has 19 heavy (non-hydrogen) atoms. The molecule has 2 aliphatic rings. The number of carbonyl (C=O) groups excluding carboxylic acids is 2. The van der Waals surface area contributed by atoms with E-state index in [9.17, 15) is 9.59 Å². The smallest absolute Gasteiger partial charge is 0.245 e. The molecule has 102 valence electrons. The predicted molar refractivity (Wildman–Crippen MR) is 63.7 cm³/mol. The standard InChI is InChI=1S/C12H16N4O3/c17-11-4-6-15(7-10-13-8-19-14-10)12(18)9-3-1-2-5-16(9)11/h8-9H,1-7H2. The normalized spacial score (nSPS) is 24.3. The van der Waals surface area contributed by atoms with Crippen molar-refractivity contribution in [2.45, 2.75) is 38.3 Å². The van der Waals surface area contributed by atoms with Crippen LogP contribution in [-0.2, 0) is 16.1 Å². The second-order valence-corrected chi connectivity index (χ2v) is 4.96. The number of nitrogens with zero attached hydrogens (tertiary/aromatic N) is 4. The highest BCUT2D eigenvalue weighted by Gasteiger charge is 2.37. The fourth-order valence-corrected chi connectivity index (χ4v) is 2.77. The summed E-state index contributed by atoms with van der Waals surface area (Å²) in [5.74, 6) is 0.564. The molecule has 0 aromatic carbocycles. The summed E-state index contributed by atoms with van der Waals surface area (Å²) in [6.45, 7) is 1.44. The first-order chi connectivity index (χ1) is 9.25. The zero-order valence-corrected chi connectivity index (χ0v) is 10.6. The van der Waals surface area contributed by atoms with Crippen LogP contribution in [0.2, 0.25) is 0 Å². The summed E-state index contributed by atoms with van der Waals surface area (Å²) < 4.78 is 4.67. The van der Waals surface area contributed by atoms with Crippen LogP contribution < -0.4 is 0 Å². The number of rotatable bonds is 2. The molecule has 0 radical (unpaired) electrons. The monoisotopic (exact) mass is 264 g/mol. The lowest BCUT2D eigenvalue weighted by Crippen LogP contribution is -2.49. The van der Waals surface area contributed by atoms with Gasteiger partial charge in [-0.1, -0.05) is 5.16 Å². The second-order valence-electron chi connectivity index (χ2n) is 4.96. The maximum atomic E-state index is 12.5. The van der Waals surface area contributed by atoms with E-state index in [0.29, 0.717) is 31.9 Å². The first-order valence-electron chi connectivity index (χ1n) is 6.59. The van der Waals surface area contributed by atoms with Crippen molar-refractivity contribution in [3.05, 3.63) is 12.2 Å². The highest BCUT2D eigenvalue weighted by molar-refractivity contribution is 5.90. The lowest BCUT2D eigenvalue weighted by molar-refractivity contribution is -0.143. The van der Waals surface area contributed by atoms with Gasteiger partial charge in [-0.2, -0.15) is 4.98 Å². The maximum absolute atomic E-state index is 12.5. The third-order valence-electron chi connectivity index (χ3n) is 3.75. The molecule has 1 aromatic rings. The van der Waals surface area contributed by atoms with Crippen LogP contribution in [0.3, 0.4) is 0 Å². The second kappa shape index (κ2) is 4.99. The fraction of sp³-hybridized carbons (Fsp3) is 0.667. The molecule has 1 atom stereocenters. The zero-order chi connectivity index (χ0) is 13.2. The number of hydrogen-bond acceptors (Lipinski definition) is 5. The molecule has 1 unspecified atom stereocenters. The molecule has 0 aliphatic carbocycles. The van der Waals surface area contributed by atoms with E-state index in [1.54, 1.807) is 9.80 Å². The largest absolute Gasteiger partial charge is 0.343 e. The van der Waals surface area contributed by atoms with E-state index < -0.39 is 0 Å². The molecular weight excluding hydrogens is 248 g/mol. The predicted octanol–water partition coefficient (Wildman–Crippen LogP) is 0.183. The van der Waals surface area contributed by atoms with Crippen LogP contribution in [0.5, 0.6) is 0 Å².